The molecule has 1 amide bonds. The minimum Gasteiger partial charge on any atom is -0.368 e. The number of nitrogens with two attached hydrogens (primary N) is 1. The van der Waals surface area contributed by atoms with Crippen molar-refractivity contribution in [3.63, 3.8) is 0 Å². The molecule has 0 spiro atoms. The molecule has 20 heavy (non-hydrogen) atoms. The Morgan fingerprint density at radius 3 is 2.70 bits per heavy atom. The van der Waals surface area contributed by atoms with E-state index < -0.39 is 16.8 Å². The molecule has 0 radical (unpaired) electrons. The summed E-state index contributed by atoms with van der Waals surface area (Å²) in [5, 5.41) is 8.75. The molecule has 2 rings (SSSR count). The largest absolute Gasteiger partial charge is 0.368 e. The van der Waals surface area contributed by atoms with Crippen LogP contribution in [0.2, 0.25) is 0 Å². The lowest BCUT2D eigenvalue weighted by Crippen LogP contribution is -2.42. The third kappa shape index (κ3) is 2.02. The minimum atomic E-state index is -0.985. The van der Waals surface area contributed by atoms with Crippen molar-refractivity contribution in [2.24, 2.45) is 5.73 Å². The number of amides is 1. The zero-order valence-electron chi connectivity index (χ0n) is 11.5. The van der Waals surface area contributed by atoms with Crippen LogP contribution in [-0.4, -0.2) is 15.5 Å². The second kappa shape index (κ2) is 4.80. The molecule has 1 unspecified atom stereocenters. The molecule has 2 aromatic rings. The molecule has 0 aliphatic rings. The van der Waals surface area contributed by atoms with Crippen molar-refractivity contribution >= 4 is 28.5 Å². The summed E-state index contributed by atoms with van der Waals surface area (Å²) in [5.74, 6) is 0.0332. The summed E-state index contributed by atoms with van der Waals surface area (Å²) in [6, 6.07) is 7.33. The molecule has 1 aromatic heterocycles. The highest BCUT2D eigenvalue weighted by molar-refractivity contribution is 6.20. The highest BCUT2D eigenvalue weighted by Crippen LogP contribution is 2.31. The first-order chi connectivity index (χ1) is 9.30. The van der Waals surface area contributed by atoms with Crippen molar-refractivity contribution in [2.45, 2.75) is 31.7 Å². The van der Waals surface area contributed by atoms with Gasteiger partial charge in [0.25, 0.3) is 0 Å². The monoisotopic (exact) mass is 290 g/mol. The minimum absolute atomic E-state index is 0.410. The first kappa shape index (κ1) is 14.4. The first-order valence-corrected chi connectivity index (χ1v) is 6.60. The van der Waals surface area contributed by atoms with Crippen molar-refractivity contribution in [1.29, 1.82) is 5.26 Å². The summed E-state index contributed by atoms with van der Waals surface area (Å²) in [4.78, 5) is 16.2. The molecule has 1 aromatic carbocycles. The van der Waals surface area contributed by atoms with E-state index in [4.69, 9.17) is 22.6 Å². The SMILES string of the molecule is CC(Cl)c1nc2c(C#N)cccc2n1C(C)(C)C(N)=O. The van der Waals surface area contributed by atoms with Gasteiger partial charge in [-0.05, 0) is 32.9 Å². The summed E-state index contributed by atoms with van der Waals surface area (Å²) in [7, 11) is 0. The molecular formula is C14H15ClN4O. The standard InChI is InChI=1S/C14H15ClN4O/c1-8(15)12-18-11-9(7-16)5-4-6-10(11)19(12)14(2,3)13(17)20/h4-6,8H,1-3H3,(H2,17,20). The average Bonchev–Trinajstić information content (AvgIpc) is 2.78. The zero-order valence-corrected chi connectivity index (χ0v) is 12.3. The normalized spacial score (nSPS) is 13.2. The number of halogens is 1. The number of carbonyl (C=O) groups is 1. The van der Waals surface area contributed by atoms with E-state index in [0.29, 0.717) is 22.4 Å². The number of nitrogens with zero attached hydrogens (tertiary/aromatic N) is 3. The van der Waals surface area contributed by atoms with Gasteiger partial charge in [0.2, 0.25) is 5.91 Å². The molecule has 0 saturated heterocycles. The fourth-order valence-electron chi connectivity index (χ4n) is 2.17. The number of para-hydroxylation sites is 1. The van der Waals surface area contributed by atoms with E-state index in [-0.39, 0.29) is 0 Å². The van der Waals surface area contributed by atoms with E-state index in [1.165, 1.54) is 0 Å². The number of aromatic nitrogens is 2. The molecule has 5 nitrogen and oxygen atoms in total. The van der Waals surface area contributed by atoms with Gasteiger partial charge in [-0.3, -0.25) is 4.79 Å². The summed E-state index contributed by atoms with van der Waals surface area (Å²) in [6.45, 7) is 5.18. The highest BCUT2D eigenvalue weighted by atomic mass is 35.5. The third-order valence-corrected chi connectivity index (χ3v) is 3.54. The van der Waals surface area contributed by atoms with Crippen LogP contribution in [0.5, 0.6) is 0 Å². The molecule has 1 heterocycles. The van der Waals surface area contributed by atoms with Crippen LogP contribution in [0.25, 0.3) is 11.0 Å². The Kier molecular flexibility index (Phi) is 3.45. The maximum absolute atomic E-state index is 11.8. The Morgan fingerprint density at radius 2 is 2.20 bits per heavy atom. The fraction of sp³-hybridized carbons (Fsp3) is 0.357. The third-order valence-electron chi connectivity index (χ3n) is 3.35. The summed E-state index contributed by atoms with van der Waals surface area (Å²) in [6.07, 6.45) is 0. The molecular weight excluding hydrogens is 276 g/mol. The predicted octanol–water partition coefficient (Wildman–Crippen LogP) is 2.43. The van der Waals surface area contributed by atoms with Gasteiger partial charge in [0.15, 0.2) is 0 Å². The topological polar surface area (TPSA) is 84.7 Å². The Balaban J connectivity index is 2.92. The molecule has 104 valence electrons. The van der Waals surface area contributed by atoms with Crippen molar-refractivity contribution in [3.05, 3.63) is 29.6 Å². The highest BCUT2D eigenvalue weighted by Gasteiger charge is 2.33. The van der Waals surface area contributed by atoms with Gasteiger partial charge in [-0.25, -0.2) is 4.98 Å². The molecule has 0 aliphatic heterocycles. The van der Waals surface area contributed by atoms with Gasteiger partial charge in [0.1, 0.15) is 22.9 Å². The second-order valence-corrected chi connectivity index (χ2v) is 5.78. The number of carbonyl (C=O) groups excluding carboxylic acids is 1. The number of nitriles is 1. The van der Waals surface area contributed by atoms with E-state index in [2.05, 4.69) is 11.1 Å². The Bertz CT molecular complexity index is 725. The number of fused-ring (bicyclic) bond motifs is 1. The van der Waals surface area contributed by atoms with Gasteiger partial charge in [0.05, 0.1) is 16.5 Å². The number of primary amides is 1. The van der Waals surface area contributed by atoms with Crippen LogP contribution < -0.4 is 5.73 Å². The number of hydrogen-bond donors (Lipinski definition) is 1. The van der Waals surface area contributed by atoms with E-state index in [1.807, 2.05) is 0 Å². The Labute approximate surface area is 122 Å². The molecule has 0 fully saturated rings. The molecule has 0 bridgehead atoms. The fourth-order valence-corrected chi connectivity index (χ4v) is 2.32. The van der Waals surface area contributed by atoms with Crippen molar-refractivity contribution < 1.29 is 4.79 Å². The van der Waals surface area contributed by atoms with Crippen LogP contribution in [0.1, 0.15) is 37.5 Å². The van der Waals surface area contributed by atoms with Crippen LogP contribution in [0.3, 0.4) is 0 Å². The van der Waals surface area contributed by atoms with E-state index in [1.54, 1.807) is 43.5 Å². The van der Waals surface area contributed by atoms with Crippen LogP contribution in [0, 0.1) is 11.3 Å². The van der Waals surface area contributed by atoms with Gasteiger partial charge in [-0.1, -0.05) is 6.07 Å². The first-order valence-electron chi connectivity index (χ1n) is 6.16. The van der Waals surface area contributed by atoms with Gasteiger partial charge in [0, 0.05) is 0 Å². The summed E-state index contributed by atoms with van der Waals surface area (Å²) < 4.78 is 1.71. The Morgan fingerprint density at radius 1 is 1.55 bits per heavy atom. The van der Waals surface area contributed by atoms with E-state index in [0.717, 1.165) is 0 Å². The lowest BCUT2D eigenvalue weighted by Gasteiger charge is -2.26. The quantitative estimate of drug-likeness (QED) is 0.881. The number of rotatable bonds is 3. The summed E-state index contributed by atoms with van der Waals surface area (Å²) >= 11 is 6.17. The Hall–Kier alpha value is -2.06. The number of benzene rings is 1. The summed E-state index contributed by atoms with van der Waals surface area (Å²) in [5.41, 5.74) is 6.17. The van der Waals surface area contributed by atoms with Crippen molar-refractivity contribution in [3.8, 4) is 6.07 Å². The van der Waals surface area contributed by atoms with Crippen molar-refractivity contribution in [2.75, 3.05) is 0 Å². The molecule has 2 N–H and O–H groups in total. The number of imidazole rings is 1. The lowest BCUT2D eigenvalue weighted by molar-refractivity contribution is -0.125. The molecule has 0 saturated carbocycles. The second-order valence-electron chi connectivity index (χ2n) is 5.13. The van der Waals surface area contributed by atoms with Gasteiger partial charge < -0.3 is 10.3 Å². The van der Waals surface area contributed by atoms with Gasteiger partial charge >= 0.3 is 0 Å². The van der Waals surface area contributed by atoms with Gasteiger partial charge in [-0.15, -0.1) is 11.6 Å². The number of hydrogen-bond acceptors (Lipinski definition) is 3. The van der Waals surface area contributed by atoms with Crippen LogP contribution in [0.15, 0.2) is 18.2 Å². The van der Waals surface area contributed by atoms with Crippen LogP contribution >= 0.6 is 11.6 Å². The predicted molar refractivity (Wildman–Crippen MR) is 77.2 cm³/mol. The van der Waals surface area contributed by atoms with Crippen molar-refractivity contribution in [1.82, 2.24) is 9.55 Å². The maximum atomic E-state index is 11.8. The molecule has 6 heteroatoms. The smallest absolute Gasteiger partial charge is 0.243 e. The van der Waals surface area contributed by atoms with Crippen LogP contribution in [-0.2, 0) is 10.3 Å². The van der Waals surface area contributed by atoms with E-state index >= 15 is 0 Å². The number of alkyl halides is 1. The maximum Gasteiger partial charge on any atom is 0.243 e. The van der Waals surface area contributed by atoms with Gasteiger partial charge in [-0.2, -0.15) is 5.26 Å². The molecule has 0 aliphatic carbocycles. The average molecular weight is 291 g/mol. The van der Waals surface area contributed by atoms with Crippen LogP contribution in [0.4, 0.5) is 0 Å². The van der Waals surface area contributed by atoms with E-state index in [9.17, 15) is 4.79 Å². The molecule has 1 atom stereocenters. The zero-order chi connectivity index (χ0) is 15.1. The lowest BCUT2D eigenvalue weighted by atomic mass is 10.0.